The molecule has 0 unspecified atom stereocenters. The fourth-order valence-electron chi connectivity index (χ4n) is 1.64. The molecular weight excluding hydrogens is 235 g/mol. The summed E-state index contributed by atoms with van der Waals surface area (Å²) in [4.78, 5) is 1.88. The summed E-state index contributed by atoms with van der Waals surface area (Å²) in [6.07, 6.45) is 0. The first kappa shape index (κ1) is 14.6. The van der Waals surface area contributed by atoms with Crippen molar-refractivity contribution < 1.29 is 14.2 Å². The van der Waals surface area contributed by atoms with Gasteiger partial charge in [0.1, 0.15) is 5.82 Å². The van der Waals surface area contributed by atoms with Gasteiger partial charge in [0, 0.05) is 32.3 Å². The third kappa shape index (κ3) is 4.41. The summed E-state index contributed by atoms with van der Waals surface area (Å²) >= 11 is 0. The average Bonchev–Trinajstić information content (AvgIpc) is 2.38. The van der Waals surface area contributed by atoms with E-state index in [1.165, 1.54) is 18.2 Å². The number of rotatable bonds is 7. The van der Waals surface area contributed by atoms with E-state index in [1.807, 2.05) is 11.0 Å². The van der Waals surface area contributed by atoms with E-state index in [0.29, 0.717) is 37.4 Å². The number of ether oxygens (including phenoxy) is 1. The van der Waals surface area contributed by atoms with E-state index < -0.39 is 0 Å². The van der Waals surface area contributed by atoms with Gasteiger partial charge < -0.3 is 9.84 Å². The van der Waals surface area contributed by atoms with Crippen molar-refractivity contribution in [1.82, 2.24) is 4.90 Å². The number of nitrogens with zero attached hydrogens (tertiary/aromatic N) is 2. The molecule has 0 atom stereocenters. The number of hydrogen-bond donors (Lipinski definition) is 1. The monoisotopic (exact) mass is 252 g/mol. The zero-order chi connectivity index (χ0) is 13.4. The van der Waals surface area contributed by atoms with Crippen LogP contribution in [0.3, 0.4) is 0 Å². The minimum atomic E-state index is -0.339. The topological polar surface area (TPSA) is 56.5 Å². The largest absolute Gasteiger partial charge is 0.395 e. The molecular formula is C13H17FN2O2. The van der Waals surface area contributed by atoms with Gasteiger partial charge in [0.15, 0.2) is 0 Å². The number of hydrogen-bond acceptors (Lipinski definition) is 4. The van der Waals surface area contributed by atoms with Gasteiger partial charge in [-0.3, -0.25) is 4.90 Å². The normalized spacial score (nSPS) is 10.6. The maximum Gasteiger partial charge on any atom is 0.127 e. The van der Waals surface area contributed by atoms with Crippen molar-refractivity contribution >= 4 is 0 Å². The second-order valence-corrected chi connectivity index (χ2v) is 3.91. The zero-order valence-electron chi connectivity index (χ0n) is 10.4. The van der Waals surface area contributed by atoms with Gasteiger partial charge in [0.05, 0.1) is 24.8 Å². The van der Waals surface area contributed by atoms with Gasteiger partial charge in [-0.2, -0.15) is 5.26 Å². The van der Waals surface area contributed by atoms with Gasteiger partial charge in [0.25, 0.3) is 0 Å². The molecule has 5 heteroatoms. The average molecular weight is 252 g/mol. The van der Waals surface area contributed by atoms with Crippen LogP contribution in [0.25, 0.3) is 0 Å². The van der Waals surface area contributed by atoms with Crippen LogP contribution in [0.4, 0.5) is 4.39 Å². The Morgan fingerprint density at radius 3 is 2.83 bits per heavy atom. The van der Waals surface area contributed by atoms with Gasteiger partial charge in [0.2, 0.25) is 0 Å². The Bertz CT molecular complexity index is 418. The Kier molecular flexibility index (Phi) is 6.29. The van der Waals surface area contributed by atoms with E-state index in [0.717, 1.165) is 0 Å². The summed E-state index contributed by atoms with van der Waals surface area (Å²) in [5.41, 5.74) is 0.890. The Labute approximate surface area is 106 Å². The maximum absolute atomic E-state index is 13.6. The molecule has 0 aliphatic heterocycles. The van der Waals surface area contributed by atoms with Crippen LogP contribution in [0.5, 0.6) is 0 Å². The highest BCUT2D eigenvalue weighted by molar-refractivity contribution is 5.33. The third-order valence-electron chi connectivity index (χ3n) is 2.60. The molecule has 0 amide bonds. The second-order valence-electron chi connectivity index (χ2n) is 3.91. The predicted molar refractivity (Wildman–Crippen MR) is 65.4 cm³/mol. The number of nitriles is 1. The first-order valence-electron chi connectivity index (χ1n) is 5.72. The molecule has 0 aromatic heterocycles. The van der Waals surface area contributed by atoms with E-state index >= 15 is 0 Å². The highest BCUT2D eigenvalue weighted by atomic mass is 19.1. The lowest BCUT2D eigenvalue weighted by Gasteiger charge is -2.21. The molecule has 0 saturated carbocycles. The lowest BCUT2D eigenvalue weighted by Crippen LogP contribution is -2.30. The Balaban J connectivity index is 2.75. The smallest absolute Gasteiger partial charge is 0.127 e. The van der Waals surface area contributed by atoms with Crippen molar-refractivity contribution in [3.63, 3.8) is 0 Å². The van der Waals surface area contributed by atoms with Crippen molar-refractivity contribution in [2.24, 2.45) is 0 Å². The maximum atomic E-state index is 13.6. The molecule has 0 heterocycles. The molecule has 0 saturated heterocycles. The molecule has 18 heavy (non-hydrogen) atoms. The predicted octanol–water partition coefficient (Wildman–Crippen LogP) is 1.14. The molecule has 0 radical (unpaired) electrons. The third-order valence-corrected chi connectivity index (χ3v) is 2.60. The van der Waals surface area contributed by atoms with Crippen molar-refractivity contribution in [3.05, 3.63) is 35.1 Å². The first-order chi connectivity index (χ1) is 8.71. The molecule has 0 fully saturated rings. The van der Waals surface area contributed by atoms with Crippen molar-refractivity contribution in [1.29, 1.82) is 5.26 Å². The zero-order valence-corrected chi connectivity index (χ0v) is 10.4. The summed E-state index contributed by atoms with van der Waals surface area (Å²) < 4.78 is 18.6. The quantitative estimate of drug-likeness (QED) is 0.790. The van der Waals surface area contributed by atoms with Crippen LogP contribution >= 0.6 is 0 Å². The lowest BCUT2D eigenvalue weighted by molar-refractivity contribution is 0.126. The molecule has 0 bridgehead atoms. The van der Waals surface area contributed by atoms with Crippen molar-refractivity contribution in [3.8, 4) is 6.07 Å². The standard InChI is InChI=1S/C13H17FN2O2/c1-18-7-5-16(4-6-17)10-12-8-11(9-15)2-3-13(12)14/h2-3,8,17H,4-7,10H2,1H3. The molecule has 98 valence electrons. The molecule has 0 aliphatic carbocycles. The highest BCUT2D eigenvalue weighted by Crippen LogP contribution is 2.12. The summed E-state index contributed by atoms with van der Waals surface area (Å²) in [7, 11) is 1.59. The van der Waals surface area contributed by atoms with Crippen LogP contribution in [0, 0.1) is 17.1 Å². The molecule has 4 nitrogen and oxygen atoms in total. The van der Waals surface area contributed by atoms with Crippen LogP contribution < -0.4 is 0 Å². The molecule has 1 aromatic rings. The van der Waals surface area contributed by atoms with Crippen molar-refractivity contribution in [2.75, 3.05) is 33.4 Å². The summed E-state index contributed by atoms with van der Waals surface area (Å²) in [6, 6.07) is 6.26. The van der Waals surface area contributed by atoms with E-state index in [1.54, 1.807) is 7.11 Å². The SMILES string of the molecule is COCCN(CCO)Cc1cc(C#N)ccc1F. The van der Waals surface area contributed by atoms with Crippen LogP contribution in [0.15, 0.2) is 18.2 Å². The summed E-state index contributed by atoms with van der Waals surface area (Å²) in [5.74, 6) is -0.339. The molecule has 0 aliphatic rings. The minimum absolute atomic E-state index is 0.00325. The highest BCUT2D eigenvalue weighted by Gasteiger charge is 2.09. The van der Waals surface area contributed by atoms with E-state index in [-0.39, 0.29) is 12.4 Å². The van der Waals surface area contributed by atoms with Crippen LogP contribution in [0.1, 0.15) is 11.1 Å². The molecule has 0 spiro atoms. The van der Waals surface area contributed by atoms with E-state index in [4.69, 9.17) is 15.1 Å². The van der Waals surface area contributed by atoms with Crippen LogP contribution in [-0.4, -0.2) is 43.4 Å². The second kappa shape index (κ2) is 7.77. The van der Waals surface area contributed by atoms with Crippen LogP contribution in [-0.2, 0) is 11.3 Å². The fraction of sp³-hybridized carbons (Fsp3) is 0.462. The number of benzene rings is 1. The first-order valence-corrected chi connectivity index (χ1v) is 5.72. The van der Waals surface area contributed by atoms with Gasteiger partial charge in [-0.1, -0.05) is 0 Å². The number of halogens is 1. The van der Waals surface area contributed by atoms with Crippen LogP contribution in [0.2, 0.25) is 0 Å². The Morgan fingerprint density at radius 1 is 1.44 bits per heavy atom. The van der Waals surface area contributed by atoms with E-state index in [2.05, 4.69) is 0 Å². The number of methoxy groups -OCH3 is 1. The van der Waals surface area contributed by atoms with Gasteiger partial charge in [-0.05, 0) is 18.2 Å². The molecule has 1 aromatic carbocycles. The van der Waals surface area contributed by atoms with Gasteiger partial charge in [-0.15, -0.1) is 0 Å². The molecule has 1 rings (SSSR count). The van der Waals surface area contributed by atoms with Gasteiger partial charge in [-0.25, -0.2) is 4.39 Å². The number of aliphatic hydroxyl groups excluding tert-OH is 1. The van der Waals surface area contributed by atoms with Gasteiger partial charge >= 0.3 is 0 Å². The fourth-order valence-corrected chi connectivity index (χ4v) is 1.64. The van der Waals surface area contributed by atoms with Crippen molar-refractivity contribution in [2.45, 2.75) is 6.54 Å². The Hall–Kier alpha value is -1.48. The summed E-state index contributed by atoms with van der Waals surface area (Å²) in [6.45, 7) is 1.92. The number of aliphatic hydroxyl groups is 1. The lowest BCUT2D eigenvalue weighted by atomic mass is 10.1. The summed E-state index contributed by atoms with van der Waals surface area (Å²) in [5, 5.41) is 17.7. The molecule has 1 N–H and O–H groups in total. The van der Waals surface area contributed by atoms with E-state index in [9.17, 15) is 4.39 Å². The minimum Gasteiger partial charge on any atom is -0.395 e. The Morgan fingerprint density at radius 2 is 2.22 bits per heavy atom.